The quantitative estimate of drug-likeness (QED) is 0.612. The van der Waals surface area contributed by atoms with Gasteiger partial charge in [-0.05, 0) is 56.0 Å². The van der Waals surface area contributed by atoms with Gasteiger partial charge >= 0.3 is 11.9 Å². The molecule has 0 heterocycles. The molecule has 0 N–H and O–H groups in total. The minimum atomic E-state index is -1.36. The molecule has 5 heteroatoms. The van der Waals surface area contributed by atoms with Crippen molar-refractivity contribution in [3.63, 3.8) is 0 Å². The van der Waals surface area contributed by atoms with Crippen molar-refractivity contribution in [2.75, 3.05) is 20.3 Å². The molecule has 130 valence electrons. The molecule has 0 aliphatic heterocycles. The molecular formula is C19H24O5. The zero-order valence-electron chi connectivity index (χ0n) is 14.7. The van der Waals surface area contributed by atoms with Crippen LogP contribution in [0.25, 0.3) is 5.57 Å². The second-order valence-electron chi connectivity index (χ2n) is 5.81. The average Bonchev–Trinajstić information content (AvgIpc) is 2.72. The first-order chi connectivity index (χ1) is 11.5. The van der Waals surface area contributed by atoms with E-state index in [0.717, 1.165) is 16.7 Å². The van der Waals surface area contributed by atoms with Crippen molar-refractivity contribution in [3.05, 3.63) is 35.4 Å². The van der Waals surface area contributed by atoms with Gasteiger partial charge in [-0.3, -0.25) is 9.59 Å². The van der Waals surface area contributed by atoms with Crippen LogP contribution < -0.4 is 4.74 Å². The number of carbonyl (C=O) groups excluding carboxylic acids is 2. The van der Waals surface area contributed by atoms with Crippen LogP contribution in [-0.2, 0) is 25.5 Å². The van der Waals surface area contributed by atoms with E-state index >= 15 is 0 Å². The fraction of sp³-hybridized carbons (Fsp3) is 0.474. The molecule has 1 aromatic rings. The van der Waals surface area contributed by atoms with Gasteiger partial charge < -0.3 is 14.2 Å². The molecule has 0 spiro atoms. The molecule has 2 rings (SSSR count). The highest BCUT2D eigenvalue weighted by atomic mass is 16.6. The smallest absolute Gasteiger partial charge is 0.324 e. The fourth-order valence-corrected chi connectivity index (χ4v) is 3.00. The summed E-state index contributed by atoms with van der Waals surface area (Å²) in [4.78, 5) is 25.4. The van der Waals surface area contributed by atoms with Crippen molar-refractivity contribution in [1.82, 2.24) is 0 Å². The predicted molar refractivity (Wildman–Crippen MR) is 90.7 cm³/mol. The highest BCUT2D eigenvalue weighted by Gasteiger charge is 2.49. The summed E-state index contributed by atoms with van der Waals surface area (Å²) in [6.07, 6.45) is 2.39. The van der Waals surface area contributed by atoms with E-state index in [1.807, 2.05) is 31.2 Å². The molecule has 0 atom stereocenters. The highest BCUT2D eigenvalue weighted by molar-refractivity contribution is 6.01. The van der Waals surface area contributed by atoms with E-state index in [4.69, 9.17) is 14.2 Å². The molecular weight excluding hydrogens is 308 g/mol. The van der Waals surface area contributed by atoms with Gasteiger partial charge in [0.15, 0.2) is 5.41 Å². The highest BCUT2D eigenvalue weighted by Crippen LogP contribution is 2.39. The van der Waals surface area contributed by atoms with Crippen molar-refractivity contribution < 1.29 is 23.8 Å². The molecule has 1 aliphatic carbocycles. The van der Waals surface area contributed by atoms with Gasteiger partial charge in [0.1, 0.15) is 5.75 Å². The molecule has 0 radical (unpaired) electrons. The molecule has 0 aromatic heterocycles. The van der Waals surface area contributed by atoms with Crippen LogP contribution in [0.4, 0.5) is 0 Å². The Kier molecular flexibility index (Phi) is 5.65. The number of carbonyl (C=O) groups is 2. The normalized spacial score (nSPS) is 15.6. The van der Waals surface area contributed by atoms with E-state index in [2.05, 4.69) is 0 Å². The maximum absolute atomic E-state index is 12.7. The van der Waals surface area contributed by atoms with Gasteiger partial charge in [0.25, 0.3) is 0 Å². The number of esters is 2. The second-order valence-corrected chi connectivity index (χ2v) is 5.81. The number of allylic oxidation sites excluding steroid dienone is 2. The van der Waals surface area contributed by atoms with E-state index in [-0.39, 0.29) is 26.1 Å². The van der Waals surface area contributed by atoms with Gasteiger partial charge in [0.05, 0.1) is 20.3 Å². The zero-order valence-corrected chi connectivity index (χ0v) is 14.7. The number of benzene rings is 1. The topological polar surface area (TPSA) is 61.8 Å². The van der Waals surface area contributed by atoms with E-state index in [0.29, 0.717) is 5.75 Å². The lowest BCUT2D eigenvalue weighted by Gasteiger charge is -2.27. The van der Waals surface area contributed by atoms with Crippen molar-refractivity contribution >= 4 is 17.5 Å². The van der Waals surface area contributed by atoms with Gasteiger partial charge in [0, 0.05) is 6.42 Å². The summed E-state index contributed by atoms with van der Waals surface area (Å²) in [5.41, 5.74) is 1.54. The largest absolute Gasteiger partial charge is 0.497 e. The Morgan fingerprint density at radius 1 is 1.12 bits per heavy atom. The summed E-state index contributed by atoms with van der Waals surface area (Å²) >= 11 is 0. The molecule has 1 aromatic carbocycles. The minimum Gasteiger partial charge on any atom is -0.497 e. The van der Waals surface area contributed by atoms with Crippen molar-refractivity contribution in [1.29, 1.82) is 0 Å². The molecule has 0 bridgehead atoms. The maximum atomic E-state index is 12.7. The first kappa shape index (κ1) is 18.0. The third kappa shape index (κ3) is 3.30. The molecule has 24 heavy (non-hydrogen) atoms. The van der Waals surface area contributed by atoms with Crippen molar-refractivity contribution in [3.8, 4) is 5.75 Å². The first-order valence-corrected chi connectivity index (χ1v) is 8.17. The molecule has 0 fully saturated rings. The Morgan fingerprint density at radius 2 is 1.75 bits per heavy atom. The summed E-state index contributed by atoms with van der Waals surface area (Å²) in [5, 5.41) is 0. The van der Waals surface area contributed by atoms with Gasteiger partial charge in [-0.2, -0.15) is 0 Å². The Hall–Kier alpha value is -2.30. The number of methoxy groups -OCH3 is 1. The summed E-state index contributed by atoms with van der Waals surface area (Å²) in [7, 11) is 1.59. The Morgan fingerprint density at radius 3 is 2.29 bits per heavy atom. The third-order valence-electron chi connectivity index (χ3n) is 4.32. The number of fused-ring (bicyclic) bond motifs is 1. The molecule has 0 saturated heterocycles. The van der Waals surface area contributed by atoms with Gasteiger partial charge in [0.2, 0.25) is 0 Å². The van der Waals surface area contributed by atoms with Crippen LogP contribution in [0.5, 0.6) is 5.75 Å². The standard InChI is InChI=1S/C19H24O5/c1-5-23-17(20)19(18(21)24-6-2)10-9-13(3)16-8-7-15(22-4)11-14(16)12-19/h7-9,11H,5-6,10,12H2,1-4H3. The maximum Gasteiger partial charge on any atom is 0.324 e. The monoisotopic (exact) mass is 332 g/mol. The number of rotatable bonds is 5. The van der Waals surface area contributed by atoms with Gasteiger partial charge in [-0.1, -0.05) is 12.1 Å². The molecule has 0 amide bonds. The average molecular weight is 332 g/mol. The summed E-state index contributed by atoms with van der Waals surface area (Å²) < 4.78 is 15.7. The summed E-state index contributed by atoms with van der Waals surface area (Å²) in [6, 6.07) is 5.69. The lowest BCUT2D eigenvalue weighted by Crippen LogP contribution is -2.43. The van der Waals surface area contributed by atoms with Crippen LogP contribution in [0, 0.1) is 5.41 Å². The second kappa shape index (κ2) is 7.51. The zero-order chi connectivity index (χ0) is 17.7. The van der Waals surface area contributed by atoms with Crippen LogP contribution in [-0.4, -0.2) is 32.3 Å². The van der Waals surface area contributed by atoms with E-state index < -0.39 is 17.4 Å². The van der Waals surface area contributed by atoms with Gasteiger partial charge in [-0.25, -0.2) is 0 Å². The van der Waals surface area contributed by atoms with E-state index in [9.17, 15) is 9.59 Å². The van der Waals surface area contributed by atoms with E-state index in [1.54, 1.807) is 21.0 Å². The molecule has 1 aliphatic rings. The Bertz CT molecular complexity index is 642. The molecule has 0 unspecified atom stereocenters. The minimum absolute atomic E-state index is 0.216. The van der Waals surface area contributed by atoms with Crippen molar-refractivity contribution in [2.45, 2.75) is 33.6 Å². The van der Waals surface area contributed by atoms with E-state index in [1.165, 1.54) is 0 Å². The number of hydrogen-bond donors (Lipinski definition) is 0. The van der Waals surface area contributed by atoms with Crippen LogP contribution >= 0.6 is 0 Å². The number of hydrogen-bond acceptors (Lipinski definition) is 5. The molecule has 0 saturated carbocycles. The van der Waals surface area contributed by atoms with Crippen LogP contribution in [0.1, 0.15) is 38.3 Å². The Labute approximate surface area is 142 Å². The van der Waals surface area contributed by atoms with Crippen LogP contribution in [0.15, 0.2) is 24.3 Å². The van der Waals surface area contributed by atoms with Crippen molar-refractivity contribution in [2.24, 2.45) is 5.41 Å². The van der Waals surface area contributed by atoms with Gasteiger partial charge in [-0.15, -0.1) is 0 Å². The fourth-order valence-electron chi connectivity index (χ4n) is 3.00. The molecule has 5 nitrogen and oxygen atoms in total. The summed E-state index contributed by atoms with van der Waals surface area (Å²) in [5.74, 6) is -0.392. The first-order valence-electron chi connectivity index (χ1n) is 8.17. The van der Waals surface area contributed by atoms with Crippen LogP contribution in [0.2, 0.25) is 0 Å². The predicted octanol–water partition coefficient (Wildman–Crippen LogP) is 3.16. The summed E-state index contributed by atoms with van der Waals surface area (Å²) in [6.45, 7) is 5.86. The SMILES string of the molecule is CCOC(=O)C1(C(=O)OCC)CC=C(C)c2ccc(OC)cc2C1. The number of ether oxygens (including phenoxy) is 3. The lowest BCUT2D eigenvalue weighted by atomic mass is 9.79. The van der Waals surface area contributed by atoms with Crippen LogP contribution in [0.3, 0.4) is 0 Å². The lowest BCUT2D eigenvalue weighted by molar-refractivity contribution is -0.171. The Balaban J connectivity index is 2.56. The third-order valence-corrected chi connectivity index (χ3v) is 4.32.